The van der Waals surface area contributed by atoms with Crippen LogP contribution in [0.5, 0.6) is 11.5 Å². The average molecular weight is 539 g/mol. The third kappa shape index (κ3) is 5.17. The van der Waals surface area contributed by atoms with E-state index in [0.717, 1.165) is 16.7 Å². The lowest BCUT2D eigenvalue weighted by Crippen LogP contribution is -2.15. The average Bonchev–Trinajstić information content (AvgIpc) is 3.69. The van der Waals surface area contributed by atoms with Crippen molar-refractivity contribution in [2.45, 2.75) is 37.9 Å². The van der Waals surface area contributed by atoms with Gasteiger partial charge in [-0.05, 0) is 41.8 Å². The number of ether oxygens (including phenoxy) is 2. The summed E-state index contributed by atoms with van der Waals surface area (Å²) in [7, 11) is -2.64. The number of fused-ring (bicyclic) bond motifs is 1. The summed E-state index contributed by atoms with van der Waals surface area (Å²) in [5, 5.41) is 18.7. The number of anilines is 1. The molecule has 14 heteroatoms. The first-order valence-electron chi connectivity index (χ1n) is 11.7. The van der Waals surface area contributed by atoms with Crippen molar-refractivity contribution in [3.8, 4) is 11.5 Å². The van der Waals surface area contributed by atoms with Gasteiger partial charge in [0.1, 0.15) is 28.4 Å². The van der Waals surface area contributed by atoms with E-state index >= 15 is 0 Å². The summed E-state index contributed by atoms with van der Waals surface area (Å²) in [6, 6.07) is 8.55. The second kappa shape index (κ2) is 10.5. The van der Waals surface area contributed by atoms with Crippen LogP contribution in [0.1, 0.15) is 29.3 Å². The Kier molecular flexibility index (Phi) is 6.98. The summed E-state index contributed by atoms with van der Waals surface area (Å²) in [5.74, 6) is 0.564. The van der Waals surface area contributed by atoms with Gasteiger partial charge in [0.2, 0.25) is 0 Å². The molecule has 38 heavy (non-hydrogen) atoms. The van der Waals surface area contributed by atoms with Crippen LogP contribution >= 0.6 is 0 Å². The molecule has 0 bridgehead atoms. The lowest BCUT2D eigenvalue weighted by molar-refractivity contribution is 0.293. The molecular weight excluding hydrogens is 512 g/mol. The molecule has 3 aromatic heterocycles. The number of aromatic nitrogens is 6. The molecular formula is C24H26N8O5S. The Morgan fingerprint density at radius 3 is 2.71 bits per heavy atom. The summed E-state index contributed by atoms with van der Waals surface area (Å²) in [6.45, 7) is 2.82. The molecule has 5 aromatic rings. The Hall–Kier alpha value is -4.43. The minimum absolute atomic E-state index is 0.00136. The van der Waals surface area contributed by atoms with Gasteiger partial charge >= 0.3 is 0 Å². The lowest BCUT2D eigenvalue weighted by atomic mass is 10.1. The normalized spacial score (nSPS) is 11.7. The highest BCUT2D eigenvalue weighted by Gasteiger charge is 2.25. The fourth-order valence-electron chi connectivity index (χ4n) is 3.93. The molecule has 198 valence electrons. The van der Waals surface area contributed by atoms with Gasteiger partial charge in [-0.25, -0.2) is 8.42 Å². The number of methoxy groups -OCH3 is 1. The number of aromatic amines is 1. The Balaban J connectivity index is 1.46. The first kappa shape index (κ1) is 25.2. The number of nitrogens with two attached hydrogens (primary N) is 1. The van der Waals surface area contributed by atoms with E-state index in [-0.39, 0.29) is 23.1 Å². The van der Waals surface area contributed by atoms with Gasteiger partial charge in [0, 0.05) is 18.3 Å². The zero-order chi connectivity index (χ0) is 26.7. The van der Waals surface area contributed by atoms with E-state index in [4.69, 9.17) is 19.7 Å². The Morgan fingerprint density at radius 1 is 1.13 bits per heavy atom. The third-order valence-electron chi connectivity index (χ3n) is 5.87. The van der Waals surface area contributed by atoms with Gasteiger partial charge in [0.25, 0.3) is 10.0 Å². The highest BCUT2D eigenvalue weighted by Crippen LogP contribution is 2.36. The molecule has 0 spiro atoms. The summed E-state index contributed by atoms with van der Waals surface area (Å²) in [6.07, 6.45) is 5.69. The molecule has 0 aliphatic carbocycles. The third-order valence-corrected chi connectivity index (χ3v) is 7.23. The van der Waals surface area contributed by atoms with E-state index in [1.54, 1.807) is 35.1 Å². The van der Waals surface area contributed by atoms with Crippen LogP contribution in [-0.4, -0.2) is 45.9 Å². The fraction of sp³-hybridized carbons (Fsp3) is 0.250. The van der Waals surface area contributed by atoms with Gasteiger partial charge < -0.3 is 19.7 Å². The van der Waals surface area contributed by atoms with Crippen molar-refractivity contribution in [2.24, 2.45) is 5.73 Å². The van der Waals surface area contributed by atoms with E-state index in [2.05, 4.69) is 30.4 Å². The van der Waals surface area contributed by atoms with E-state index < -0.39 is 10.0 Å². The molecule has 0 saturated carbocycles. The molecule has 13 nitrogen and oxygen atoms in total. The minimum atomic E-state index is -4.13. The molecule has 4 N–H and O–H groups in total. The van der Waals surface area contributed by atoms with E-state index in [9.17, 15) is 8.42 Å². The van der Waals surface area contributed by atoms with Crippen LogP contribution in [0.3, 0.4) is 0 Å². The first-order valence-corrected chi connectivity index (χ1v) is 13.2. The zero-order valence-corrected chi connectivity index (χ0v) is 21.5. The van der Waals surface area contributed by atoms with Crippen LogP contribution in [0, 0.1) is 0 Å². The van der Waals surface area contributed by atoms with Crippen molar-refractivity contribution in [1.29, 1.82) is 0 Å². The largest absolute Gasteiger partial charge is 0.496 e. The van der Waals surface area contributed by atoms with Gasteiger partial charge in [-0.2, -0.15) is 5.10 Å². The van der Waals surface area contributed by atoms with E-state index in [1.165, 1.54) is 13.3 Å². The lowest BCUT2D eigenvalue weighted by Gasteiger charge is -2.14. The van der Waals surface area contributed by atoms with Crippen LogP contribution in [0.4, 0.5) is 5.82 Å². The monoisotopic (exact) mass is 538 g/mol. The number of aryl methyl sites for hydroxylation is 1. The van der Waals surface area contributed by atoms with Gasteiger partial charge in [-0.15, -0.1) is 5.10 Å². The second-order valence-corrected chi connectivity index (χ2v) is 10.1. The van der Waals surface area contributed by atoms with Crippen LogP contribution in [0.25, 0.3) is 11.0 Å². The minimum Gasteiger partial charge on any atom is -0.496 e. The topological polar surface area (TPSA) is 176 Å². The predicted molar refractivity (Wildman–Crippen MR) is 137 cm³/mol. The number of nitrogens with one attached hydrogen (secondary N) is 2. The maximum absolute atomic E-state index is 13.6. The van der Waals surface area contributed by atoms with Gasteiger partial charge in [-0.3, -0.25) is 14.5 Å². The van der Waals surface area contributed by atoms with Crippen molar-refractivity contribution >= 4 is 26.8 Å². The SMILES string of the molecule is CCc1ccc(OCc2cnn[nH]2)c(S(=O)(=O)Nc2noc3cc(Cn4cc(CN)cn4)cc(OC)c23)c1. The maximum atomic E-state index is 13.6. The Morgan fingerprint density at radius 2 is 2.00 bits per heavy atom. The summed E-state index contributed by atoms with van der Waals surface area (Å²) < 4.78 is 48.3. The quantitative estimate of drug-likeness (QED) is 0.226. The summed E-state index contributed by atoms with van der Waals surface area (Å²) >= 11 is 0. The van der Waals surface area contributed by atoms with E-state index in [0.29, 0.717) is 41.9 Å². The van der Waals surface area contributed by atoms with Crippen LogP contribution in [0.15, 0.2) is 58.3 Å². The van der Waals surface area contributed by atoms with Crippen molar-refractivity contribution in [3.63, 3.8) is 0 Å². The highest BCUT2D eigenvalue weighted by atomic mass is 32.2. The smallest absolute Gasteiger partial charge is 0.266 e. The molecule has 0 amide bonds. The summed E-state index contributed by atoms with van der Waals surface area (Å²) in [4.78, 5) is -0.0366. The number of rotatable bonds is 11. The molecule has 0 saturated heterocycles. The number of sulfonamides is 1. The van der Waals surface area contributed by atoms with Crippen molar-refractivity contribution in [3.05, 3.63) is 71.3 Å². The van der Waals surface area contributed by atoms with Crippen molar-refractivity contribution < 1.29 is 22.4 Å². The molecule has 0 unspecified atom stereocenters. The molecule has 0 aliphatic rings. The van der Waals surface area contributed by atoms with Gasteiger partial charge in [-0.1, -0.05) is 23.4 Å². The zero-order valence-electron chi connectivity index (χ0n) is 20.7. The van der Waals surface area contributed by atoms with Crippen molar-refractivity contribution in [1.82, 2.24) is 30.3 Å². The highest BCUT2D eigenvalue weighted by molar-refractivity contribution is 7.92. The number of benzene rings is 2. The molecule has 0 fully saturated rings. The molecule has 3 heterocycles. The van der Waals surface area contributed by atoms with Crippen LogP contribution in [-0.2, 0) is 36.1 Å². The molecule has 5 rings (SSSR count). The molecule has 0 atom stereocenters. The standard InChI is InChI=1S/C24H26N8O5S/c1-3-15-4-5-19(36-14-18-11-26-31-28-18)22(8-15)38(33,34)30-24-23-20(35-2)6-16(7-21(23)37-29-24)12-32-13-17(9-25)10-27-32/h4-8,10-11,13H,3,9,12,14,25H2,1-2H3,(H,29,30)(H,26,28,31). The Bertz CT molecular complexity index is 1660. The van der Waals surface area contributed by atoms with Crippen molar-refractivity contribution in [2.75, 3.05) is 11.8 Å². The molecule has 0 radical (unpaired) electrons. The van der Waals surface area contributed by atoms with Gasteiger partial charge in [0.05, 0.1) is 31.7 Å². The predicted octanol–water partition coefficient (Wildman–Crippen LogP) is 2.60. The van der Waals surface area contributed by atoms with Gasteiger partial charge in [0.15, 0.2) is 11.4 Å². The number of H-pyrrole nitrogens is 1. The Labute approximate surface area is 218 Å². The van der Waals surface area contributed by atoms with Crippen LogP contribution in [0.2, 0.25) is 0 Å². The maximum Gasteiger partial charge on any atom is 0.266 e. The first-order chi connectivity index (χ1) is 18.4. The number of hydrogen-bond acceptors (Lipinski definition) is 10. The number of nitrogens with zero attached hydrogens (tertiary/aromatic N) is 5. The van der Waals surface area contributed by atoms with Crippen LogP contribution < -0.4 is 19.9 Å². The molecule has 2 aromatic carbocycles. The molecule has 0 aliphatic heterocycles. The summed E-state index contributed by atoms with van der Waals surface area (Å²) in [5.41, 5.74) is 9.18. The van der Waals surface area contributed by atoms with E-state index in [1.807, 2.05) is 19.2 Å². The second-order valence-electron chi connectivity index (χ2n) is 8.46. The number of hydrogen-bond donors (Lipinski definition) is 3. The fourth-order valence-corrected chi connectivity index (χ4v) is 5.13.